The van der Waals surface area contributed by atoms with E-state index in [2.05, 4.69) is 9.72 Å². The molecule has 10 heteroatoms. The molecule has 2 rings (SSSR count). The zero-order valence-electron chi connectivity index (χ0n) is 16.7. The number of benzene rings is 1. The van der Waals surface area contributed by atoms with Crippen LogP contribution in [0.2, 0.25) is 0 Å². The molecule has 2 N–H and O–H groups in total. The third kappa shape index (κ3) is 5.00. The van der Waals surface area contributed by atoms with Gasteiger partial charge in [0, 0.05) is 5.69 Å². The van der Waals surface area contributed by atoms with Crippen LogP contribution in [0.3, 0.4) is 0 Å². The van der Waals surface area contributed by atoms with E-state index in [9.17, 15) is 22.8 Å². The Hall–Kier alpha value is -3.30. The number of rotatable bonds is 8. The molecule has 0 fully saturated rings. The summed E-state index contributed by atoms with van der Waals surface area (Å²) in [4.78, 5) is 29.3. The summed E-state index contributed by atoms with van der Waals surface area (Å²) in [5.74, 6) is -3.09. The molecule has 0 bridgehead atoms. The summed E-state index contributed by atoms with van der Waals surface area (Å²) < 4.78 is 52.6. The molecule has 30 heavy (non-hydrogen) atoms. The molecule has 0 unspecified atom stereocenters. The van der Waals surface area contributed by atoms with Gasteiger partial charge in [0.15, 0.2) is 0 Å². The smallest absolute Gasteiger partial charge is 0.441 e. The fourth-order valence-electron chi connectivity index (χ4n) is 2.61. The van der Waals surface area contributed by atoms with Crippen LogP contribution in [0.5, 0.6) is 5.75 Å². The lowest BCUT2D eigenvalue weighted by Crippen LogP contribution is -2.69. The van der Waals surface area contributed by atoms with Crippen LogP contribution in [-0.4, -0.2) is 41.9 Å². The maximum atomic E-state index is 14.2. The summed E-state index contributed by atoms with van der Waals surface area (Å²) in [5.41, 5.74) is -3.33. The molecule has 1 aromatic heterocycles. The molecule has 2 aromatic rings. The first-order valence-corrected chi connectivity index (χ1v) is 9.14. The summed E-state index contributed by atoms with van der Waals surface area (Å²) in [7, 11) is 0. The van der Waals surface area contributed by atoms with E-state index in [-0.39, 0.29) is 30.3 Å². The molecule has 0 saturated carbocycles. The predicted molar refractivity (Wildman–Crippen MR) is 103 cm³/mol. The van der Waals surface area contributed by atoms with Crippen molar-refractivity contribution in [3.05, 3.63) is 53.7 Å². The molecule has 0 aliphatic carbocycles. The number of hydrogen-bond acceptors (Lipinski definition) is 6. The van der Waals surface area contributed by atoms with Crippen LogP contribution in [-0.2, 0) is 9.53 Å². The minimum Gasteiger partial charge on any atom is -0.493 e. The normalized spacial score (nSPS) is 13.1. The zero-order valence-corrected chi connectivity index (χ0v) is 16.7. The average molecular weight is 425 g/mol. The summed E-state index contributed by atoms with van der Waals surface area (Å²) in [6, 6.07) is 10.0. The molecule has 1 atom stereocenters. The van der Waals surface area contributed by atoms with Crippen LogP contribution >= 0.6 is 0 Å². The lowest BCUT2D eigenvalue weighted by Gasteiger charge is -2.35. The first kappa shape index (κ1) is 23.0. The zero-order chi connectivity index (χ0) is 22.4. The number of para-hydroxylation sites is 1. The topological polar surface area (TPSA) is 89.5 Å². The van der Waals surface area contributed by atoms with Gasteiger partial charge in [0.2, 0.25) is 0 Å². The number of pyridine rings is 1. The van der Waals surface area contributed by atoms with Crippen molar-refractivity contribution in [2.45, 2.75) is 32.6 Å². The van der Waals surface area contributed by atoms with Crippen molar-refractivity contribution in [2.24, 2.45) is 0 Å². The van der Waals surface area contributed by atoms with E-state index >= 15 is 0 Å². The Morgan fingerprint density at radius 3 is 2.33 bits per heavy atom. The van der Waals surface area contributed by atoms with Gasteiger partial charge in [-0.15, -0.1) is 0 Å². The number of aromatic nitrogens is 1. The number of ether oxygens (including phenoxy) is 2. The summed E-state index contributed by atoms with van der Waals surface area (Å²) in [6.45, 7) is 4.46. The van der Waals surface area contributed by atoms with E-state index in [1.807, 2.05) is 5.32 Å². The van der Waals surface area contributed by atoms with Gasteiger partial charge in [0.25, 0.3) is 5.91 Å². The minimum absolute atomic E-state index is 0.0751. The van der Waals surface area contributed by atoms with Crippen LogP contribution in [0.25, 0.3) is 0 Å². The molecule has 7 nitrogen and oxygen atoms in total. The van der Waals surface area contributed by atoms with Crippen LogP contribution in [0.1, 0.15) is 29.9 Å². The Bertz CT molecular complexity index is 905. The highest BCUT2D eigenvalue weighted by Gasteiger charge is 2.64. The standard InChI is InChI=1S/C20H22F3N3O4/c1-4-29-15-11-7-6-10-14(15)17(27)26-19(20(21,22)23,18(28)30-5-2)25-16-12-8-9-13(3)24-16/h6-12H,4-5H2,1-3H3,(H,24,25)(H,26,27)/t19-/m0/s1. The molecule has 0 radical (unpaired) electrons. The van der Waals surface area contributed by atoms with Gasteiger partial charge in [-0.05, 0) is 45.0 Å². The van der Waals surface area contributed by atoms with Gasteiger partial charge in [-0.3, -0.25) is 4.79 Å². The van der Waals surface area contributed by atoms with Gasteiger partial charge in [0.05, 0.1) is 18.8 Å². The van der Waals surface area contributed by atoms with E-state index in [4.69, 9.17) is 4.74 Å². The van der Waals surface area contributed by atoms with Crippen molar-refractivity contribution in [2.75, 3.05) is 18.5 Å². The fourth-order valence-corrected chi connectivity index (χ4v) is 2.61. The highest BCUT2D eigenvalue weighted by molar-refractivity contribution is 6.01. The van der Waals surface area contributed by atoms with Crippen LogP contribution in [0.15, 0.2) is 42.5 Å². The Kier molecular flexibility index (Phi) is 7.25. The fraction of sp³-hybridized carbons (Fsp3) is 0.350. The SMILES string of the molecule is CCOC(=O)[C@@](NC(=O)c1ccccc1OCC)(Nc1cccc(C)n1)C(F)(F)F. The number of anilines is 1. The number of halogens is 3. The molecule has 162 valence electrons. The molecule has 0 aliphatic heterocycles. The van der Waals surface area contributed by atoms with E-state index in [0.717, 1.165) is 0 Å². The second-order valence-corrected chi connectivity index (χ2v) is 6.14. The van der Waals surface area contributed by atoms with Crippen molar-refractivity contribution in [3.63, 3.8) is 0 Å². The molecule has 0 spiro atoms. The first-order valence-electron chi connectivity index (χ1n) is 9.14. The lowest BCUT2D eigenvalue weighted by atomic mass is 10.1. The van der Waals surface area contributed by atoms with Gasteiger partial charge >= 0.3 is 17.8 Å². The van der Waals surface area contributed by atoms with E-state index < -0.39 is 23.7 Å². The number of alkyl halides is 3. The molecule has 1 heterocycles. The molecular weight excluding hydrogens is 403 g/mol. The minimum atomic E-state index is -5.26. The Labute approximate surface area is 171 Å². The lowest BCUT2D eigenvalue weighted by molar-refractivity contribution is -0.204. The monoisotopic (exact) mass is 425 g/mol. The summed E-state index contributed by atoms with van der Waals surface area (Å²) in [6.07, 6.45) is -5.26. The number of amides is 1. The Morgan fingerprint density at radius 2 is 1.73 bits per heavy atom. The third-order valence-corrected chi connectivity index (χ3v) is 3.94. The number of carbonyl (C=O) groups is 2. The van der Waals surface area contributed by atoms with Gasteiger partial charge in [-0.2, -0.15) is 13.2 Å². The number of carbonyl (C=O) groups excluding carboxylic acids is 2. The summed E-state index contributed by atoms with van der Waals surface area (Å²) in [5, 5.41) is 3.80. The van der Waals surface area contributed by atoms with Crippen molar-refractivity contribution in [1.82, 2.24) is 10.3 Å². The second-order valence-electron chi connectivity index (χ2n) is 6.14. The largest absolute Gasteiger partial charge is 0.493 e. The summed E-state index contributed by atoms with van der Waals surface area (Å²) >= 11 is 0. The van der Waals surface area contributed by atoms with Crippen LogP contribution < -0.4 is 15.4 Å². The van der Waals surface area contributed by atoms with Gasteiger partial charge < -0.3 is 20.1 Å². The number of esters is 1. The molecule has 1 amide bonds. The maximum absolute atomic E-state index is 14.2. The average Bonchev–Trinajstić information content (AvgIpc) is 2.67. The van der Waals surface area contributed by atoms with Crippen molar-refractivity contribution < 1.29 is 32.2 Å². The second kappa shape index (κ2) is 9.47. The van der Waals surface area contributed by atoms with Gasteiger partial charge in [-0.1, -0.05) is 18.2 Å². The molecule has 0 saturated heterocycles. The molecule has 0 aliphatic rings. The molecule has 1 aromatic carbocycles. The predicted octanol–water partition coefficient (Wildman–Crippen LogP) is 3.45. The van der Waals surface area contributed by atoms with Crippen LogP contribution in [0, 0.1) is 6.92 Å². The number of nitrogens with zero attached hydrogens (tertiary/aromatic N) is 1. The number of hydrogen-bond donors (Lipinski definition) is 2. The number of aryl methyl sites for hydroxylation is 1. The third-order valence-electron chi connectivity index (χ3n) is 3.94. The Balaban J connectivity index is 2.54. The van der Waals surface area contributed by atoms with Crippen molar-refractivity contribution in [3.8, 4) is 5.75 Å². The van der Waals surface area contributed by atoms with Crippen molar-refractivity contribution in [1.29, 1.82) is 0 Å². The number of nitrogens with one attached hydrogen (secondary N) is 2. The van der Waals surface area contributed by atoms with Crippen molar-refractivity contribution >= 4 is 17.7 Å². The molecular formula is C20H22F3N3O4. The highest BCUT2D eigenvalue weighted by Crippen LogP contribution is 2.33. The first-order chi connectivity index (χ1) is 14.1. The van der Waals surface area contributed by atoms with E-state index in [1.54, 1.807) is 31.3 Å². The van der Waals surface area contributed by atoms with E-state index in [1.165, 1.54) is 37.3 Å². The maximum Gasteiger partial charge on any atom is 0.441 e. The van der Waals surface area contributed by atoms with Gasteiger partial charge in [-0.25, -0.2) is 9.78 Å². The quantitative estimate of drug-likeness (QED) is 0.498. The highest BCUT2D eigenvalue weighted by atomic mass is 19.4. The van der Waals surface area contributed by atoms with Gasteiger partial charge in [0.1, 0.15) is 11.6 Å². The van der Waals surface area contributed by atoms with Crippen LogP contribution in [0.4, 0.5) is 19.0 Å². The van der Waals surface area contributed by atoms with E-state index in [0.29, 0.717) is 5.69 Å². The Morgan fingerprint density at radius 1 is 1.03 bits per heavy atom.